The Balaban J connectivity index is 1.82. The van der Waals surface area contributed by atoms with Crippen LogP contribution in [-0.4, -0.2) is 24.5 Å². The molecule has 158 valence electrons. The van der Waals surface area contributed by atoms with Crippen LogP contribution < -0.4 is 10.5 Å². The molecule has 1 atom stereocenters. The van der Waals surface area contributed by atoms with Crippen molar-refractivity contribution in [1.82, 2.24) is 24.5 Å². The van der Waals surface area contributed by atoms with Gasteiger partial charge >= 0.3 is 0 Å². The number of aryl methyl sites for hydroxylation is 3. The summed E-state index contributed by atoms with van der Waals surface area (Å²) in [6.45, 7) is 6.99. The Labute approximate surface area is 181 Å². The largest absolute Gasteiger partial charge is 0.482 e. The second-order valence-electron chi connectivity index (χ2n) is 8.11. The fraction of sp³-hybridized carbons (Fsp3) is 0.292. The van der Waals surface area contributed by atoms with Crippen LogP contribution in [-0.2, 0) is 20.0 Å². The molecular weight excluding hydrogens is 388 g/mol. The van der Waals surface area contributed by atoms with E-state index in [-0.39, 0.29) is 6.10 Å². The number of hydrogen-bond donors (Lipinski definition) is 1. The van der Waals surface area contributed by atoms with Gasteiger partial charge in [0, 0.05) is 54.0 Å². The number of nitrogen functional groups attached to an aromatic ring is 1. The first-order chi connectivity index (χ1) is 15.0. The lowest BCUT2D eigenvalue weighted by atomic mass is 9.93. The first-order valence-electron chi connectivity index (χ1n) is 10.5. The highest BCUT2D eigenvalue weighted by Gasteiger charge is 2.24. The van der Waals surface area contributed by atoms with Gasteiger partial charge in [-0.2, -0.15) is 10.2 Å². The molecule has 7 nitrogen and oxygen atoms in total. The average Bonchev–Trinajstić information content (AvgIpc) is 3.32. The number of pyridine rings is 1. The molecule has 2 bridgehead atoms. The van der Waals surface area contributed by atoms with E-state index in [9.17, 15) is 0 Å². The molecule has 0 amide bonds. The van der Waals surface area contributed by atoms with E-state index in [0.717, 1.165) is 52.2 Å². The third kappa shape index (κ3) is 3.17. The molecule has 1 aliphatic heterocycles. The zero-order chi connectivity index (χ0) is 21.7. The Hall–Kier alpha value is -3.61. The molecule has 31 heavy (non-hydrogen) atoms. The Kier molecular flexibility index (Phi) is 4.54. The van der Waals surface area contributed by atoms with Gasteiger partial charge in [-0.05, 0) is 26.8 Å². The van der Waals surface area contributed by atoms with Crippen LogP contribution in [0.2, 0.25) is 0 Å². The predicted molar refractivity (Wildman–Crippen MR) is 121 cm³/mol. The molecule has 4 heterocycles. The van der Waals surface area contributed by atoms with Crippen molar-refractivity contribution in [3.8, 4) is 28.3 Å². The van der Waals surface area contributed by atoms with Gasteiger partial charge in [0.15, 0.2) is 11.6 Å². The summed E-state index contributed by atoms with van der Waals surface area (Å²) in [4.78, 5) is 4.43. The minimum atomic E-state index is -0.216. The summed E-state index contributed by atoms with van der Waals surface area (Å²) in [6.07, 6.45) is 6.20. The van der Waals surface area contributed by atoms with Crippen molar-refractivity contribution in [3.05, 3.63) is 65.1 Å². The van der Waals surface area contributed by atoms with Crippen LogP contribution in [0.4, 0.5) is 5.82 Å². The maximum Gasteiger partial charge on any atom is 0.166 e. The number of nitrogens with two attached hydrogens (primary N) is 1. The number of hydrogen-bond acceptors (Lipinski definition) is 5. The van der Waals surface area contributed by atoms with E-state index in [1.54, 1.807) is 6.20 Å². The first-order valence-corrected chi connectivity index (χ1v) is 10.5. The first kappa shape index (κ1) is 19.4. The molecule has 0 fully saturated rings. The number of benzene rings is 1. The third-order valence-corrected chi connectivity index (χ3v) is 5.97. The van der Waals surface area contributed by atoms with Crippen molar-refractivity contribution < 1.29 is 4.74 Å². The van der Waals surface area contributed by atoms with Crippen LogP contribution >= 0.6 is 0 Å². The van der Waals surface area contributed by atoms with Crippen LogP contribution in [0.5, 0.6) is 5.75 Å². The average molecular weight is 415 g/mol. The molecular formula is C24H26N6O. The smallest absolute Gasteiger partial charge is 0.166 e. The van der Waals surface area contributed by atoms with Gasteiger partial charge in [-0.25, -0.2) is 4.98 Å². The fourth-order valence-corrected chi connectivity index (χ4v) is 4.46. The summed E-state index contributed by atoms with van der Waals surface area (Å²) >= 11 is 0. The van der Waals surface area contributed by atoms with Crippen LogP contribution in [0.15, 0.2) is 42.9 Å². The fourth-order valence-electron chi connectivity index (χ4n) is 4.46. The molecule has 3 aromatic heterocycles. The highest BCUT2D eigenvalue weighted by Crippen LogP contribution is 2.38. The van der Waals surface area contributed by atoms with Gasteiger partial charge in [0.25, 0.3) is 0 Å². The molecule has 4 aromatic rings. The van der Waals surface area contributed by atoms with E-state index in [2.05, 4.69) is 47.2 Å². The van der Waals surface area contributed by atoms with Crippen molar-refractivity contribution >= 4 is 5.82 Å². The summed E-state index contributed by atoms with van der Waals surface area (Å²) in [5, 5.41) is 9.22. The second-order valence-corrected chi connectivity index (χ2v) is 8.11. The minimum Gasteiger partial charge on any atom is -0.482 e. The summed E-state index contributed by atoms with van der Waals surface area (Å²) in [5.41, 5.74) is 14.9. The van der Waals surface area contributed by atoms with Gasteiger partial charge in [-0.3, -0.25) is 9.36 Å². The number of fused-ring (bicyclic) bond motifs is 7. The quantitative estimate of drug-likeness (QED) is 0.502. The molecule has 0 spiro atoms. The highest BCUT2D eigenvalue weighted by atomic mass is 16.5. The molecule has 1 aromatic carbocycles. The second kappa shape index (κ2) is 7.27. The number of aromatic nitrogens is 5. The van der Waals surface area contributed by atoms with Gasteiger partial charge in [-0.1, -0.05) is 23.8 Å². The topological polar surface area (TPSA) is 83.8 Å². The van der Waals surface area contributed by atoms with Gasteiger partial charge in [0.2, 0.25) is 0 Å². The number of anilines is 1. The molecule has 0 radical (unpaired) electrons. The lowest BCUT2D eigenvalue weighted by Crippen LogP contribution is -2.10. The maximum absolute atomic E-state index is 6.39. The van der Waals surface area contributed by atoms with Gasteiger partial charge in [0.1, 0.15) is 6.10 Å². The number of rotatable bonds is 1. The molecule has 1 aliphatic rings. The lowest BCUT2D eigenvalue weighted by molar-refractivity contribution is 0.228. The van der Waals surface area contributed by atoms with E-state index >= 15 is 0 Å². The number of ether oxygens (including phenoxy) is 1. The van der Waals surface area contributed by atoms with E-state index < -0.39 is 0 Å². The zero-order valence-electron chi connectivity index (χ0n) is 18.3. The SMILES string of the molecule is CCn1ncc2c1-c1cnc(N)c(c1)O[C@H](C)c1cc(C)ccc1-c1c(cnn1C)C2. The molecule has 0 saturated carbocycles. The Morgan fingerprint density at radius 1 is 1.10 bits per heavy atom. The van der Waals surface area contributed by atoms with E-state index in [1.165, 1.54) is 5.56 Å². The molecule has 7 heteroatoms. The van der Waals surface area contributed by atoms with Crippen LogP contribution in [0.25, 0.3) is 22.5 Å². The summed E-state index contributed by atoms with van der Waals surface area (Å²) in [5.74, 6) is 0.963. The van der Waals surface area contributed by atoms with Crippen molar-refractivity contribution in [3.63, 3.8) is 0 Å². The summed E-state index contributed by atoms with van der Waals surface area (Å²) in [6, 6.07) is 8.44. The van der Waals surface area contributed by atoms with Crippen molar-refractivity contribution in [2.75, 3.05) is 5.73 Å². The molecule has 2 N–H and O–H groups in total. The Morgan fingerprint density at radius 3 is 2.68 bits per heavy atom. The van der Waals surface area contributed by atoms with Crippen molar-refractivity contribution in [2.45, 2.75) is 39.8 Å². The van der Waals surface area contributed by atoms with Crippen molar-refractivity contribution in [2.24, 2.45) is 7.05 Å². The summed E-state index contributed by atoms with van der Waals surface area (Å²) in [7, 11) is 1.99. The van der Waals surface area contributed by atoms with Gasteiger partial charge in [-0.15, -0.1) is 0 Å². The summed E-state index contributed by atoms with van der Waals surface area (Å²) < 4.78 is 10.3. The monoisotopic (exact) mass is 414 g/mol. The molecule has 0 saturated heterocycles. The Bertz CT molecular complexity index is 1290. The zero-order valence-corrected chi connectivity index (χ0v) is 18.3. The van der Waals surface area contributed by atoms with E-state index in [1.807, 2.05) is 41.8 Å². The van der Waals surface area contributed by atoms with E-state index in [4.69, 9.17) is 10.5 Å². The van der Waals surface area contributed by atoms with Crippen LogP contribution in [0.3, 0.4) is 0 Å². The van der Waals surface area contributed by atoms with Gasteiger partial charge in [0.05, 0.1) is 23.8 Å². The normalized spacial score (nSPS) is 15.2. The van der Waals surface area contributed by atoms with Gasteiger partial charge < -0.3 is 10.5 Å². The Morgan fingerprint density at radius 2 is 1.87 bits per heavy atom. The third-order valence-electron chi connectivity index (χ3n) is 5.97. The number of nitrogens with zero attached hydrogens (tertiary/aromatic N) is 5. The highest BCUT2D eigenvalue weighted by molar-refractivity contribution is 5.72. The lowest BCUT2D eigenvalue weighted by Gasteiger charge is -2.22. The molecule has 0 unspecified atom stereocenters. The van der Waals surface area contributed by atoms with Crippen LogP contribution in [0, 0.1) is 6.92 Å². The van der Waals surface area contributed by atoms with E-state index in [0.29, 0.717) is 11.6 Å². The minimum absolute atomic E-state index is 0.216. The maximum atomic E-state index is 6.39. The van der Waals surface area contributed by atoms with Crippen molar-refractivity contribution in [1.29, 1.82) is 0 Å². The standard InChI is InChI=1S/C24H26N6O/c1-5-30-22-16(13-28-30)9-17-12-27-29(4)23(17)19-7-6-14(2)8-20(19)15(3)31-21-10-18(22)11-26-24(21)25/h6-8,10-13,15H,5,9H2,1-4H3,(H2,25,26)/t15-/m1/s1. The van der Waals surface area contributed by atoms with Crippen LogP contribution in [0.1, 0.15) is 42.2 Å². The molecule has 0 aliphatic carbocycles. The molecule has 5 rings (SSSR count). The predicted octanol–water partition coefficient (Wildman–Crippen LogP) is 4.30.